The second-order valence-corrected chi connectivity index (χ2v) is 4.62. The summed E-state index contributed by atoms with van der Waals surface area (Å²) in [4.78, 5) is 0. The minimum absolute atomic E-state index is 0.228. The van der Waals surface area contributed by atoms with Crippen molar-refractivity contribution in [2.24, 2.45) is 12.9 Å². The summed E-state index contributed by atoms with van der Waals surface area (Å²) in [5.41, 5.74) is 5.37. The van der Waals surface area contributed by atoms with E-state index in [1.165, 1.54) is 11.1 Å². The Kier molecular flexibility index (Phi) is 3.71. The largest absolute Gasteiger partial charge is 0.276 e. The molecule has 1 unspecified atom stereocenters. The zero-order valence-corrected chi connectivity index (χ0v) is 10.1. The van der Waals surface area contributed by atoms with Crippen LogP contribution in [-0.4, -0.2) is 9.78 Å². The number of thiophene rings is 1. The van der Waals surface area contributed by atoms with Crippen LogP contribution in [0, 0.1) is 0 Å². The van der Waals surface area contributed by atoms with Crippen LogP contribution in [0.25, 0.3) is 0 Å². The highest BCUT2D eigenvalue weighted by molar-refractivity contribution is 7.07. The van der Waals surface area contributed by atoms with Crippen molar-refractivity contribution in [1.29, 1.82) is 0 Å². The monoisotopic (exact) mass is 236 g/mol. The molecule has 16 heavy (non-hydrogen) atoms. The molecule has 2 heterocycles. The number of hydrazine groups is 1. The molecule has 86 valence electrons. The minimum atomic E-state index is 0.228. The standard InChI is InChI=1S/C11H16N4S/c1-15-7-9(6-13-15)2-3-11(14-12)10-4-5-16-8-10/h4-8,11,14H,2-3,12H2,1H3. The third kappa shape index (κ3) is 2.69. The molecule has 0 aliphatic heterocycles. The topological polar surface area (TPSA) is 55.9 Å². The average Bonchev–Trinajstić information content (AvgIpc) is 2.91. The first-order chi connectivity index (χ1) is 7.79. The summed E-state index contributed by atoms with van der Waals surface area (Å²) < 4.78 is 1.82. The van der Waals surface area contributed by atoms with E-state index in [-0.39, 0.29) is 6.04 Å². The zero-order chi connectivity index (χ0) is 11.4. The molecule has 0 radical (unpaired) electrons. The van der Waals surface area contributed by atoms with Crippen molar-refractivity contribution in [2.75, 3.05) is 0 Å². The van der Waals surface area contributed by atoms with E-state index in [1.54, 1.807) is 11.3 Å². The Morgan fingerprint density at radius 2 is 2.50 bits per heavy atom. The average molecular weight is 236 g/mol. The molecule has 4 nitrogen and oxygen atoms in total. The van der Waals surface area contributed by atoms with E-state index in [1.807, 2.05) is 24.1 Å². The summed E-state index contributed by atoms with van der Waals surface area (Å²) >= 11 is 1.70. The number of nitrogens with one attached hydrogen (secondary N) is 1. The highest BCUT2D eigenvalue weighted by atomic mass is 32.1. The number of nitrogens with two attached hydrogens (primary N) is 1. The molecule has 2 rings (SSSR count). The lowest BCUT2D eigenvalue weighted by atomic mass is 10.0. The first kappa shape index (κ1) is 11.3. The van der Waals surface area contributed by atoms with Crippen molar-refractivity contribution in [3.63, 3.8) is 0 Å². The summed E-state index contributed by atoms with van der Waals surface area (Å²) in [6, 6.07) is 2.34. The van der Waals surface area contributed by atoms with Gasteiger partial charge in [-0.05, 0) is 40.8 Å². The van der Waals surface area contributed by atoms with Gasteiger partial charge in [0.2, 0.25) is 0 Å². The predicted octanol–water partition coefficient (Wildman–Crippen LogP) is 1.62. The fourth-order valence-corrected chi connectivity index (χ4v) is 2.45. The van der Waals surface area contributed by atoms with Gasteiger partial charge in [0.15, 0.2) is 0 Å². The number of rotatable bonds is 5. The van der Waals surface area contributed by atoms with Crippen LogP contribution >= 0.6 is 11.3 Å². The Hall–Kier alpha value is -1.17. The summed E-state index contributed by atoms with van der Waals surface area (Å²) in [7, 11) is 1.93. The van der Waals surface area contributed by atoms with Crippen molar-refractivity contribution >= 4 is 11.3 Å². The van der Waals surface area contributed by atoms with Gasteiger partial charge in [0, 0.05) is 19.3 Å². The third-order valence-corrected chi connectivity index (χ3v) is 3.33. The zero-order valence-electron chi connectivity index (χ0n) is 9.26. The molecule has 0 aliphatic carbocycles. The van der Waals surface area contributed by atoms with Gasteiger partial charge in [-0.15, -0.1) is 0 Å². The Bertz CT molecular complexity index is 421. The molecule has 0 aliphatic rings. The van der Waals surface area contributed by atoms with Crippen molar-refractivity contribution in [1.82, 2.24) is 15.2 Å². The first-order valence-corrected chi connectivity index (χ1v) is 6.19. The lowest BCUT2D eigenvalue weighted by molar-refractivity contribution is 0.517. The molecule has 3 N–H and O–H groups in total. The van der Waals surface area contributed by atoms with Gasteiger partial charge in [0.05, 0.1) is 6.20 Å². The maximum atomic E-state index is 5.57. The quantitative estimate of drug-likeness (QED) is 0.612. The van der Waals surface area contributed by atoms with Crippen LogP contribution in [0.5, 0.6) is 0 Å². The molecule has 0 saturated carbocycles. The fourth-order valence-electron chi connectivity index (χ4n) is 1.73. The van der Waals surface area contributed by atoms with Crippen LogP contribution in [0.2, 0.25) is 0 Å². The lowest BCUT2D eigenvalue weighted by Gasteiger charge is -2.13. The third-order valence-electron chi connectivity index (χ3n) is 2.63. The van der Waals surface area contributed by atoms with E-state index in [2.05, 4.69) is 27.4 Å². The highest BCUT2D eigenvalue weighted by Crippen LogP contribution is 2.20. The van der Waals surface area contributed by atoms with Gasteiger partial charge < -0.3 is 0 Å². The Morgan fingerprint density at radius 1 is 1.62 bits per heavy atom. The predicted molar refractivity (Wildman–Crippen MR) is 65.9 cm³/mol. The summed E-state index contributed by atoms with van der Waals surface area (Å²) in [6.07, 6.45) is 5.92. The number of aromatic nitrogens is 2. The summed E-state index contributed by atoms with van der Waals surface area (Å²) in [6.45, 7) is 0. The molecule has 2 aromatic rings. The summed E-state index contributed by atoms with van der Waals surface area (Å²) in [5, 5.41) is 8.36. The second kappa shape index (κ2) is 5.25. The number of hydrogen-bond acceptors (Lipinski definition) is 4. The van der Waals surface area contributed by atoms with Crippen LogP contribution in [0.15, 0.2) is 29.2 Å². The van der Waals surface area contributed by atoms with Crippen LogP contribution in [0.3, 0.4) is 0 Å². The Morgan fingerprint density at radius 3 is 3.06 bits per heavy atom. The maximum Gasteiger partial charge on any atom is 0.0521 e. The normalized spacial score (nSPS) is 12.9. The van der Waals surface area contributed by atoms with Gasteiger partial charge in [0.25, 0.3) is 0 Å². The SMILES string of the molecule is Cn1cc(CCC(NN)c2ccsc2)cn1. The van der Waals surface area contributed by atoms with E-state index < -0.39 is 0 Å². The van der Waals surface area contributed by atoms with Crippen LogP contribution in [0.4, 0.5) is 0 Å². The van der Waals surface area contributed by atoms with E-state index in [0.717, 1.165) is 12.8 Å². The molecule has 2 aromatic heterocycles. The van der Waals surface area contributed by atoms with Crippen LogP contribution in [0.1, 0.15) is 23.6 Å². The van der Waals surface area contributed by atoms with Crippen molar-refractivity contribution < 1.29 is 0 Å². The molecule has 0 bridgehead atoms. The maximum absolute atomic E-state index is 5.57. The molecule has 5 heteroatoms. The molecule has 0 spiro atoms. The van der Waals surface area contributed by atoms with Gasteiger partial charge in [-0.1, -0.05) is 0 Å². The first-order valence-electron chi connectivity index (χ1n) is 5.25. The van der Waals surface area contributed by atoms with Crippen molar-refractivity contribution in [3.8, 4) is 0 Å². The van der Waals surface area contributed by atoms with E-state index in [0.29, 0.717) is 0 Å². The second-order valence-electron chi connectivity index (χ2n) is 3.84. The van der Waals surface area contributed by atoms with Gasteiger partial charge in [-0.25, -0.2) is 0 Å². The van der Waals surface area contributed by atoms with Gasteiger partial charge >= 0.3 is 0 Å². The molecule has 0 amide bonds. The highest BCUT2D eigenvalue weighted by Gasteiger charge is 2.10. The Labute approximate surface area is 99.1 Å². The molecular formula is C11H16N4S. The molecule has 0 fully saturated rings. The molecule has 1 atom stereocenters. The number of hydrogen-bond donors (Lipinski definition) is 2. The molecule has 0 aromatic carbocycles. The van der Waals surface area contributed by atoms with Gasteiger partial charge in [-0.3, -0.25) is 16.0 Å². The van der Waals surface area contributed by atoms with Gasteiger partial charge in [-0.2, -0.15) is 16.4 Å². The molecule has 0 saturated heterocycles. The Balaban J connectivity index is 1.93. The van der Waals surface area contributed by atoms with Crippen molar-refractivity contribution in [2.45, 2.75) is 18.9 Å². The fraction of sp³-hybridized carbons (Fsp3) is 0.364. The van der Waals surface area contributed by atoms with Gasteiger partial charge in [0.1, 0.15) is 0 Å². The van der Waals surface area contributed by atoms with Crippen LogP contribution in [-0.2, 0) is 13.5 Å². The van der Waals surface area contributed by atoms with E-state index in [4.69, 9.17) is 5.84 Å². The van der Waals surface area contributed by atoms with E-state index in [9.17, 15) is 0 Å². The molecular weight excluding hydrogens is 220 g/mol. The smallest absolute Gasteiger partial charge is 0.0521 e. The number of aryl methyl sites for hydroxylation is 2. The minimum Gasteiger partial charge on any atom is -0.276 e. The number of nitrogens with zero attached hydrogens (tertiary/aromatic N) is 2. The summed E-state index contributed by atoms with van der Waals surface area (Å²) in [5.74, 6) is 5.57. The lowest BCUT2D eigenvalue weighted by Crippen LogP contribution is -2.28. The van der Waals surface area contributed by atoms with E-state index >= 15 is 0 Å². The van der Waals surface area contributed by atoms with Crippen LogP contribution < -0.4 is 11.3 Å². The van der Waals surface area contributed by atoms with Crippen molar-refractivity contribution in [3.05, 3.63) is 40.3 Å².